The molecule has 0 saturated carbocycles. The Balaban J connectivity index is 3.22. The van der Waals surface area contributed by atoms with Crippen LogP contribution in [-0.2, 0) is 14.3 Å². The Kier molecular flexibility index (Phi) is 5.78. The number of carboxylic acid groups (broad SMARTS) is 1. The number of hydrogen-bond acceptors (Lipinski definition) is 3. The van der Waals surface area contributed by atoms with Crippen LogP contribution in [0.1, 0.15) is 13.3 Å². The van der Waals surface area contributed by atoms with Crippen molar-refractivity contribution in [1.82, 2.24) is 0 Å². The topological polar surface area (TPSA) is 55.8 Å². The Hall–Kier alpha value is -0.610. The van der Waals surface area contributed by atoms with Crippen molar-refractivity contribution in [3.63, 3.8) is 0 Å². The minimum absolute atomic E-state index is 0.0454. The summed E-state index contributed by atoms with van der Waals surface area (Å²) in [5.41, 5.74) is 0. The lowest BCUT2D eigenvalue weighted by Gasteiger charge is -2.09. The van der Waals surface area contributed by atoms with Crippen molar-refractivity contribution in [3.05, 3.63) is 0 Å². The van der Waals surface area contributed by atoms with Crippen molar-refractivity contribution in [3.8, 4) is 0 Å². The first kappa shape index (κ1) is 10.4. The quantitative estimate of drug-likeness (QED) is 0.578. The highest BCUT2D eigenvalue weighted by atomic mass is 16.5. The lowest BCUT2D eigenvalue weighted by molar-refractivity contribution is -0.140. The summed E-state index contributed by atoms with van der Waals surface area (Å²) >= 11 is 0. The lowest BCUT2D eigenvalue weighted by atomic mass is 10.3. The monoisotopic (exact) mass is 162 g/mol. The maximum absolute atomic E-state index is 10.1. The van der Waals surface area contributed by atoms with Crippen molar-refractivity contribution in [2.45, 2.75) is 19.4 Å². The molecule has 66 valence electrons. The van der Waals surface area contributed by atoms with Crippen LogP contribution in [0.15, 0.2) is 0 Å². The molecule has 0 saturated heterocycles. The van der Waals surface area contributed by atoms with E-state index in [-0.39, 0.29) is 12.5 Å². The van der Waals surface area contributed by atoms with Gasteiger partial charge in [0.2, 0.25) is 0 Å². The number of carbonyl (C=O) groups is 1. The third-order valence-electron chi connectivity index (χ3n) is 1.15. The van der Waals surface area contributed by atoms with Crippen LogP contribution in [0.3, 0.4) is 0 Å². The third kappa shape index (κ3) is 7.29. The minimum atomic E-state index is -0.838. The highest BCUT2D eigenvalue weighted by Crippen LogP contribution is 1.96. The summed E-state index contributed by atoms with van der Waals surface area (Å²) in [5.74, 6) is -0.838. The Labute approximate surface area is 66.1 Å². The molecule has 0 aromatic heterocycles. The van der Waals surface area contributed by atoms with Crippen LogP contribution < -0.4 is 0 Å². The first-order valence-corrected chi connectivity index (χ1v) is 3.49. The summed E-state index contributed by atoms with van der Waals surface area (Å²) in [6.45, 7) is 2.68. The molecule has 0 aromatic rings. The van der Waals surface area contributed by atoms with Gasteiger partial charge >= 0.3 is 5.97 Å². The van der Waals surface area contributed by atoms with Crippen LogP contribution in [0.25, 0.3) is 0 Å². The molecule has 4 nitrogen and oxygen atoms in total. The maximum atomic E-state index is 10.1. The van der Waals surface area contributed by atoms with Gasteiger partial charge in [-0.25, -0.2) is 0 Å². The van der Waals surface area contributed by atoms with Gasteiger partial charge in [0.25, 0.3) is 0 Å². The Morgan fingerprint density at radius 3 is 2.64 bits per heavy atom. The zero-order valence-electron chi connectivity index (χ0n) is 6.87. The molecule has 11 heavy (non-hydrogen) atoms. The van der Waals surface area contributed by atoms with E-state index < -0.39 is 5.97 Å². The molecule has 0 aromatic carbocycles. The first-order chi connectivity index (χ1) is 5.16. The van der Waals surface area contributed by atoms with E-state index in [1.807, 2.05) is 0 Å². The molecule has 0 aliphatic carbocycles. The molecule has 1 unspecified atom stereocenters. The molecular formula is C7H14O4. The molecule has 0 amide bonds. The van der Waals surface area contributed by atoms with Crippen LogP contribution in [0.5, 0.6) is 0 Å². The Morgan fingerprint density at radius 1 is 1.55 bits per heavy atom. The molecule has 0 rings (SSSR count). The van der Waals surface area contributed by atoms with Gasteiger partial charge in [-0.05, 0) is 6.92 Å². The summed E-state index contributed by atoms with van der Waals surface area (Å²) in [5, 5.41) is 8.33. The van der Waals surface area contributed by atoms with Gasteiger partial charge in [0.15, 0.2) is 0 Å². The number of aliphatic carboxylic acids is 1. The van der Waals surface area contributed by atoms with E-state index in [2.05, 4.69) is 0 Å². The number of ether oxygens (including phenoxy) is 2. The average molecular weight is 162 g/mol. The lowest BCUT2D eigenvalue weighted by Crippen LogP contribution is -2.16. The van der Waals surface area contributed by atoms with E-state index in [1.165, 1.54) is 0 Å². The minimum Gasteiger partial charge on any atom is -0.481 e. The van der Waals surface area contributed by atoms with E-state index in [1.54, 1.807) is 14.0 Å². The van der Waals surface area contributed by atoms with Gasteiger partial charge < -0.3 is 14.6 Å². The second-order valence-electron chi connectivity index (χ2n) is 2.27. The van der Waals surface area contributed by atoms with E-state index >= 15 is 0 Å². The largest absolute Gasteiger partial charge is 0.481 e. The van der Waals surface area contributed by atoms with Crippen LogP contribution in [0.4, 0.5) is 0 Å². The zero-order chi connectivity index (χ0) is 8.69. The van der Waals surface area contributed by atoms with E-state index in [9.17, 15) is 4.79 Å². The van der Waals surface area contributed by atoms with Gasteiger partial charge in [-0.3, -0.25) is 4.79 Å². The molecule has 1 atom stereocenters. The molecule has 0 aliphatic rings. The van der Waals surface area contributed by atoms with Crippen LogP contribution >= 0.6 is 0 Å². The van der Waals surface area contributed by atoms with Crippen molar-refractivity contribution in [1.29, 1.82) is 0 Å². The standard InChI is InChI=1S/C7H14O4/c1-6(5-7(8)9)11-4-3-10-2/h6H,3-5H2,1-2H3,(H,8,9). The second kappa shape index (κ2) is 6.12. The Bertz CT molecular complexity index is 113. The molecule has 0 bridgehead atoms. The fourth-order valence-electron chi connectivity index (χ4n) is 0.637. The predicted octanol–water partition coefficient (Wildman–Crippen LogP) is 0.513. The van der Waals surface area contributed by atoms with Crippen LogP contribution in [0, 0.1) is 0 Å². The summed E-state index contributed by atoms with van der Waals surface area (Å²) < 4.78 is 9.81. The molecule has 1 N–H and O–H groups in total. The van der Waals surface area contributed by atoms with Gasteiger partial charge in [-0.2, -0.15) is 0 Å². The normalized spacial score (nSPS) is 12.9. The first-order valence-electron chi connectivity index (χ1n) is 3.49. The van der Waals surface area contributed by atoms with Gasteiger partial charge in [-0.1, -0.05) is 0 Å². The Morgan fingerprint density at radius 2 is 2.18 bits per heavy atom. The number of hydrogen-bond donors (Lipinski definition) is 1. The summed E-state index contributed by atoms with van der Waals surface area (Å²) in [6.07, 6.45) is -0.188. The smallest absolute Gasteiger partial charge is 0.305 e. The fourth-order valence-corrected chi connectivity index (χ4v) is 0.637. The average Bonchev–Trinajstić information content (AvgIpc) is 1.86. The van der Waals surface area contributed by atoms with Crippen LogP contribution in [0.2, 0.25) is 0 Å². The van der Waals surface area contributed by atoms with E-state index in [0.717, 1.165) is 0 Å². The fraction of sp³-hybridized carbons (Fsp3) is 0.857. The molecular weight excluding hydrogens is 148 g/mol. The molecule has 0 radical (unpaired) electrons. The number of rotatable bonds is 6. The molecule has 0 heterocycles. The highest BCUT2D eigenvalue weighted by Gasteiger charge is 2.06. The van der Waals surface area contributed by atoms with Crippen LogP contribution in [-0.4, -0.2) is 37.5 Å². The van der Waals surface area contributed by atoms with E-state index in [4.69, 9.17) is 14.6 Å². The second-order valence-corrected chi connectivity index (χ2v) is 2.27. The van der Waals surface area contributed by atoms with Gasteiger partial charge in [0, 0.05) is 7.11 Å². The molecule has 4 heteroatoms. The van der Waals surface area contributed by atoms with Crippen molar-refractivity contribution >= 4 is 5.97 Å². The number of methoxy groups -OCH3 is 1. The highest BCUT2D eigenvalue weighted by molar-refractivity contribution is 5.67. The van der Waals surface area contributed by atoms with Crippen molar-refractivity contribution in [2.75, 3.05) is 20.3 Å². The SMILES string of the molecule is COCCOC(C)CC(=O)O. The summed E-state index contributed by atoms with van der Waals surface area (Å²) in [7, 11) is 1.57. The van der Waals surface area contributed by atoms with Gasteiger partial charge in [0.1, 0.15) is 0 Å². The molecule has 0 aliphatic heterocycles. The van der Waals surface area contributed by atoms with Gasteiger partial charge in [-0.15, -0.1) is 0 Å². The molecule has 0 fully saturated rings. The van der Waals surface area contributed by atoms with E-state index in [0.29, 0.717) is 13.2 Å². The zero-order valence-corrected chi connectivity index (χ0v) is 6.87. The predicted molar refractivity (Wildman–Crippen MR) is 39.5 cm³/mol. The summed E-state index contributed by atoms with van der Waals surface area (Å²) in [4.78, 5) is 10.1. The van der Waals surface area contributed by atoms with Crippen molar-refractivity contribution < 1.29 is 19.4 Å². The number of carboxylic acids is 1. The van der Waals surface area contributed by atoms with Gasteiger partial charge in [0.05, 0.1) is 25.7 Å². The maximum Gasteiger partial charge on any atom is 0.305 e. The van der Waals surface area contributed by atoms with Crippen molar-refractivity contribution in [2.24, 2.45) is 0 Å². The molecule has 0 spiro atoms. The summed E-state index contributed by atoms with van der Waals surface area (Å²) in [6, 6.07) is 0. The third-order valence-corrected chi connectivity index (χ3v) is 1.15.